The van der Waals surface area contributed by atoms with Crippen LogP contribution in [-0.4, -0.2) is 37.3 Å². The number of hydrogen-bond donors (Lipinski definition) is 2. The lowest BCUT2D eigenvalue weighted by molar-refractivity contribution is -0.143. The number of amides is 1. The summed E-state index contributed by atoms with van der Waals surface area (Å²) in [7, 11) is 1.57. The Balaban J connectivity index is 2.67. The van der Waals surface area contributed by atoms with Crippen molar-refractivity contribution in [3.63, 3.8) is 0 Å². The van der Waals surface area contributed by atoms with E-state index in [0.717, 1.165) is 11.1 Å². The summed E-state index contributed by atoms with van der Waals surface area (Å²) in [5.41, 5.74) is 2.40. The van der Waals surface area contributed by atoms with Crippen LogP contribution >= 0.6 is 0 Å². The zero-order chi connectivity index (χ0) is 14.4. The average molecular weight is 267 g/mol. The summed E-state index contributed by atoms with van der Waals surface area (Å²) in [4.78, 5) is 21.8. The molecule has 0 heterocycles. The first-order valence-corrected chi connectivity index (χ1v) is 5.69. The molecule has 1 aromatic rings. The van der Waals surface area contributed by atoms with Crippen molar-refractivity contribution in [2.75, 3.05) is 25.6 Å². The molecular weight excluding hydrogens is 250 g/mol. The molecule has 0 atom stereocenters. The highest BCUT2D eigenvalue weighted by Crippen LogP contribution is 2.28. The molecule has 0 aromatic heterocycles. The molecule has 19 heavy (non-hydrogen) atoms. The van der Waals surface area contributed by atoms with E-state index in [1.165, 1.54) is 0 Å². The number of aryl methyl sites for hydroxylation is 1. The van der Waals surface area contributed by atoms with E-state index >= 15 is 0 Å². The van der Waals surface area contributed by atoms with Gasteiger partial charge in [0.15, 0.2) is 0 Å². The number of ether oxygens (including phenoxy) is 2. The summed E-state index contributed by atoms with van der Waals surface area (Å²) in [5, 5.41) is 11.0. The highest BCUT2D eigenvalue weighted by molar-refractivity contribution is 5.93. The van der Waals surface area contributed by atoms with Crippen LogP contribution in [0.1, 0.15) is 11.1 Å². The molecular formula is C13H17NO5. The number of carboxylic acid groups (broad SMARTS) is 1. The highest BCUT2D eigenvalue weighted by Gasteiger charge is 2.11. The first-order valence-electron chi connectivity index (χ1n) is 5.69. The molecule has 6 heteroatoms. The standard InChI is InChI=1S/C13H17NO5/c1-8-4-5-10(9(2)13(8)18-3)14-11(15)6-19-7-12(16)17/h4-5H,6-7H2,1-3H3,(H,14,15)(H,16,17). The van der Waals surface area contributed by atoms with E-state index in [-0.39, 0.29) is 6.61 Å². The molecule has 0 aliphatic heterocycles. The van der Waals surface area contributed by atoms with Crippen LogP contribution < -0.4 is 10.1 Å². The Morgan fingerprint density at radius 2 is 1.95 bits per heavy atom. The zero-order valence-corrected chi connectivity index (χ0v) is 11.1. The number of hydrogen-bond acceptors (Lipinski definition) is 4. The minimum absolute atomic E-state index is 0.304. The monoisotopic (exact) mass is 267 g/mol. The Kier molecular flexibility index (Phi) is 5.32. The van der Waals surface area contributed by atoms with E-state index in [9.17, 15) is 9.59 Å². The van der Waals surface area contributed by atoms with E-state index in [4.69, 9.17) is 14.6 Å². The minimum atomic E-state index is -1.11. The van der Waals surface area contributed by atoms with Gasteiger partial charge in [0, 0.05) is 11.3 Å². The Bertz CT molecular complexity index is 484. The second-order valence-corrected chi connectivity index (χ2v) is 4.02. The number of carboxylic acids is 1. The van der Waals surface area contributed by atoms with Crippen molar-refractivity contribution in [3.8, 4) is 5.75 Å². The molecule has 0 radical (unpaired) electrons. The molecule has 0 spiro atoms. The Hall–Kier alpha value is -2.08. The van der Waals surface area contributed by atoms with Gasteiger partial charge in [-0.05, 0) is 25.5 Å². The van der Waals surface area contributed by atoms with Crippen molar-refractivity contribution >= 4 is 17.6 Å². The number of anilines is 1. The van der Waals surface area contributed by atoms with Crippen LogP contribution in [0, 0.1) is 13.8 Å². The molecule has 0 saturated heterocycles. The van der Waals surface area contributed by atoms with Gasteiger partial charge in [-0.15, -0.1) is 0 Å². The van der Waals surface area contributed by atoms with Gasteiger partial charge in [0.1, 0.15) is 19.0 Å². The van der Waals surface area contributed by atoms with Gasteiger partial charge in [-0.2, -0.15) is 0 Å². The van der Waals surface area contributed by atoms with E-state index < -0.39 is 18.5 Å². The molecule has 1 amide bonds. The third kappa shape index (κ3) is 4.26. The average Bonchev–Trinajstić information content (AvgIpc) is 2.33. The number of carbonyl (C=O) groups is 2. The van der Waals surface area contributed by atoms with Crippen LogP contribution in [0.25, 0.3) is 0 Å². The van der Waals surface area contributed by atoms with Crippen molar-refractivity contribution in [1.82, 2.24) is 0 Å². The molecule has 6 nitrogen and oxygen atoms in total. The number of carbonyl (C=O) groups excluding carboxylic acids is 1. The van der Waals surface area contributed by atoms with Crippen molar-refractivity contribution in [3.05, 3.63) is 23.3 Å². The summed E-state index contributed by atoms with van der Waals surface area (Å²) in [5.74, 6) is -0.805. The number of benzene rings is 1. The second-order valence-electron chi connectivity index (χ2n) is 4.02. The molecule has 0 saturated carbocycles. The number of aliphatic carboxylic acids is 1. The second kappa shape index (κ2) is 6.75. The lowest BCUT2D eigenvalue weighted by atomic mass is 10.1. The summed E-state index contributed by atoms with van der Waals surface area (Å²) in [6.07, 6.45) is 0. The Morgan fingerprint density at radius 3 is 2.53 bits per heavy atom. The van der Waals surface area contributed by atoms with Crippen molar-refractivity contribution in [1.29, 1.82) is 0 Å². The number of rotatable bonds is 6. The minimum Gasteiger partial charge on any atom is -0.496 e. The molecule has 0 aliphatic carbocycles. The quantitative estimate of drug-likeness (QED) is 0.812. The third-order valence-electron chi connectivity index (χ3n) is 2.54. The van der Waals surface area contributed by atoms with E-state index in [0.29, 0.717) is 11.4 Å². The molecule has 2 N–H and O–H groups in total. The van der Waals surface area contributed by atoms with Gasteiger partial charge in [0.05, 0.1) is 7.11 Å². The molecule has 0 bridgehead atoms. The number of nitrogens with one attached hydrogen (secondary N) is 1. The van der Waals surface area contributed by atoms with Gasteiger partial charge in [-0.25, -0.2) is 4.79 Å². The van der Waals surface area contributed by atoms with Crippen molar-refractivity contribution in [2.45, 2.75) is 13.8 Å². The molecule has 0 aliphatic rings. The molecule has 104 valence electrons. The summed E-state index contributed by atoms with van der Waals surface area (Å²) >= 11 is 0. The highest BCUT2D eigenvalue weighted by atomic mass is 16.5. The van der Waals surface area contributed by atoms with E-state index in [2.05, 4.69) is 5.32 Å². The van der Waals surface area contributed by atoms with Gasteiger partial charge in [0.2, 0.25) is 5.91 Å². The van der Waals surface area contributed by atoms with Crippen molar-refractivity contribution < 1.29 is 24.2 Å². The topological polar surface area (TPSA) is 84.9 Å². The van der Waals surface area contributed by atoms with Gasteiger partial charge >= 0.3 is 5.97 Å². The van der Waals surface area contributed by atoms with Gasteiger partial charge in [0.25, 0.3) is 0 Å². The largest absolute Gasteiger partial charge is 0.496 e. The maximum atomic E-state index is 11.6. The first-order chi connectivity index (χ1) is 8.95. The van der Waals surface area contributed by atoms with Gasteiger partial charge < -0.3 is 19.9 Å². The smallest absolute Gasteiger partial charge is 0.329 e. The van der Waals surface area contributed by atoms with Crippen LogP contribution in [-0.2, 0) is 14.3 Å². The van der Waals surface area contributed by atoms with Crippen LogP contribution in [0.2, 0.25) is 0 Å². The summed E-state index contributed by atoms with van der Waals surface area (Å²) in [6.45, 7) is 2.94. The van der Waals surface area contributed by atoms with Crippen LogP contribution in [0.3, 0.4) is 0 Å². The molecule has 0 unspecified atom stereocenters. The lowest BCUT2D eigenvalue weighted by Crippen LogP contribution is -2.21. The summed E-state index contributed by atoms with van der Waals surface area (Å²) in [6, 6.07) is 3.60. The Morgan fingerprint density at radius 1 is 1.26 bits per heavy atom. The van der Waals surface area contributed by atoms with Crippen LogP contribution in [0.5, 0.6) is 5.75 Å². The molecule has 1 rings (SSSR count). The van der Waals surface area contributed by atoms with E-state index in [1.807, 2.05) is 19.9 Å². The predicted octanol–water partition coefficient (Wildman–Crippen LogP) is 1.35. The van der Waals surface area contributed by atoms with Crippen molar-refractivity contribution in [2.24, 2.45) is 0 Å². The normalized spacial score (nSPS) is 10.1. The fourth-order valence-corrected chi connectivity index (χ4v) is 1.69. The summed E-state index contributed by atoms with van der Waals surface area (Å²) < 4.78 is 9.96. The van der Waals surface area contributed by atoms with Crippen LogP contribution in [0.4, 0.5) is 5.69 Å². The maximum Gasteiger partial charge on any atom is 0.329 e. The fourth-order valence-electron chi connectivity index (χ4n) is 1.69. The molecule has 0 fully saturated rings. The maximum absolute atomic E-state index is 11.6. The molecule has 1 aromatic carbocycles. The van der Waals surface area contributed by atoms with E-state index in [1.54, 1.807) is 13.2 Å². The van der Waals surface area contributed by atoms with Crippen LogP contribution in [0.15, 0.2) is 12.1 Å². The zero-order valence-electron chi connectivity index (χ0n) is 11.1. The SMILES string of the molecule is COc1c(C)ccc(NC(=O)COCC(=O)O)c1C. The first kappa shape index (κ1) is 15.0. The van der Waals surface area contributed by atoms with Gasteiger partial charge in [-0.3, -0.25) is 4.79 Å². The lowest BCUT2D eigenvalue weighted by Gasteiger charge is -2.13. The predicted molar refractivity (Wildman–Crippen MR) is 69.6 cm³/mol. The number of methoxy groups -OCH3 is 1. The third-order valence-corrected chi connectivity index (χ3v) is 2.54. The Labute approximate surface area is 111 Å². The van der Waals surface area contributed by atoms with Gasteiger partial charge in [-0.1, -0.05) is 6.07 Å². The fraction of sp³-hybridized carbons (Fsp3) is 0.385.